The fraction of sp³-hybridized carbons (Fsp3) is 0.500. The quantitative estimate of drug-likeness (QED) is 0.446. The Bertz CT molecular complexity index is 126. The molecule has 0 spiro atoms. The third kappa shape index (κ3) is 5.01. The summed E-state index contributed by atoms with van der Waals surface area (Å²) in [4.78, 5) is 4.29. The normalized spacial score (nSPS) is 8.44. The monoisotopic (exact) mass is 126 g/mol. The van der Waals surface area contributed by atoms with E-state index in [1.165, 1.54) is 0 Å². The summed E-state index contributed by atoms with van der Waals surface area (Å²) >= 11 is 0. The van der Waals surface area contributed by atoms with Crippen molar-refractivity contribution in [3.8, 4) is 6.07 Å². The number of hydrogen-bond donors (Lipinski definition) is 1. The molecule has 0 radical (unpaired) electrons. The number of rotatable bonds is 4. The van der Waals surface area contributed by atoms with E-state index in [9.17, 15) is 0 Å². The smallest absolute Gasteiger partial charge is 0.0887 e. The lowest BCUT2D eigenvalue weighted by Gasteiger charge is -1.97. The molecule has 0 atom stereocenters. The molecule has 0 amide bonds. The van der Waals surface area contributed by atoms with Crippen molar-refractivity contribution >= 4 is 0 Å². The highest BCUT2D eigenvalue weighted by atomic mass is 16.6. The van der Waals surface area contributed by atoms with Gasteiger partial charge in [0, 0.05) is 6.42 Å². The van der Waals surface area contributed by atoms with Crippen molar-refractivity contribution in [3.63, 3.8) is 0 Å². The molecule has 0 aliphatic heterocycles. The molecule has 0 saturated heterocycles. The van der Waals surface area contributed by atoms with Gasteiger partial charge in [0.1, 0.15) is 0 Å². The van der Waals surface area contributed by atoms with E-state index in [-0.39, 0.29) is 0 Å². The molecule has 0 aromatic rings. The zero-order valence-electron chi connectivity index (χ0n) is 5.26. The maximum atomic E-state index is 8.12. The zero-order chi connectivity index (χ0) is 7.11. The number of hydrogen-bond acceptors (Lipinski definition) is 3. The Morgan fingerprint density at radius 2 is 2.44 bits per heavy atom. The van der Waals surface area contributed by atoms with Crippen molar-refractivity contribution in [1.29, 1.82) is 5.26 Å². The minimum absolute atomic E-state index is 0.349. The molecule has 50 valence electrons. The molecule has 2 N–H and O–H groups in total. The molecule has 0 heterocycles. The average Bonchev–Trinajstić information content (AvgIpc) is 1.85. The molecule has 3 nitrogen and oxygen atoms in total. The van der Waals surface area contributed by atoms with Gasteiger partial charge in [-0.2, -0.15) is 5.26 Å². The summed E-state index contributed by atoms with van der Waals surface area (Å²) in [6.07, 6.45) is 1.16. The van der Waals surface area contributed by atoms with Gasteiger partial charge in [-0.3, -0.25) is 0 Å². The van der Waals surface area contributed by atoms with Crippen LogP contribution in [0.3, 0.4) is 0 Å². The summed E-state index contributed by atoms with van der Waals surface area (Å²) in [6, 6.07) is 2.00. The number of nitrogens with zero attached hydrogens (tertiary/aromatic N) is 1. The summed E-state index contributed by atoms with van der Waals surface area (Å²) < 4.78 is 0. The second-order valence-corrected chi connectivity index (χ2v) is 1.72. The first-order valence-corrected chi connectivity index (χ1v) is 2.66. The van der Waals surface area contributed by atoms with Crippen LogP contribution in [0.5, 0.6) is 0 Å². The van der Waals surface area contributed by atoms with Crippen LogP contribution in [0.4, 0.5) is 0 Å². The Kier molecular flexibility index (Phi) is 4.79. The van der Waals surface area contributed by atoms with Crippen molar-refractivity contribution in [2.24, 2.45) is 5.90 Å². The van der Waals surface area contributed by atoms with Crippen LogP contribution in [-0.4, -0.2) is 6.61 Å². The van der Waals surface area contributed by atoms with Crippen LogP contribution >= 0.6 is 0 Å². The number of nitrogens with two attached hydrogens (primary N) is 1. The van der Waals surface area contributed by atoms with Gasteiger partial charge in [-0.05, 0) is 12.0 Å². The summed E-state index contributed by atoms with van der Waals surface area (Å²) in [5.41, 5.74) is 0.860. The SMILES string of the molecule is C=C(CCC#N)CON. The minimum atomic E-state index is 0.349. The molecule has 0 aromatic carbocycles. The van der Waals surface area contributed by atoms with E-state index in [1.54, 1.807) is 0 Å². The predicted octanol–water partition coefficient (Wildman–Crippen LogP) is 0.737. The molecule has 0 aliphatic rings. The highest BCUT2D eigenvalue weighted by Crippen LogP contribution is 1.99. The van der Waals surface area contributed by atoms with E-state index in [0.29, 0.717) is 19.4 Å². The highest BCUT2D eigenvalue weighted by molar-refractivity contribution is 4.96. The second-order valence-electron chi connectivity index (χ2n) is 1.72. The molecule has 0 aliphatic carbocycles. The third-order valence-corrected chi connectivity index (χ3v) is 0.878. The lowest BCUT2D eigenvalue weighted by atomic mass is 10.2. The van der Waals surface area contributed by atoms with Gasteiger partial charge in [0.2, 0.25) is 0 Å². The maximum Gasteiger partial charge on any atom is 0.0887 e. The van der Waals surface area contributed by atoms with Crippen LogP contribution in [0.1, 0.15) is 12.8 Å². The van der Waals surface area contributed by atoms with Gasteiger partial charge >= 0.3 is 0 Å². The van der Waals surface area contributed by atoms with Gasteiger partial charge in [-0.25, -0.2) is 5.90 Å². The van der Waals surface area contributed by atoms with Crippen molar-refractivity contribution < 1.29 is 4.84 Å². The number of nitriles is 1. The van der Waals surface area contributed by atoms with E-state index >= 15 is 0 Å². The first kappa shape index (κ1) is 8.15. The first-order valence-electron chi connectivity index (χ1n) is 2.66. The highest BCUT2D eigenvalue weighted by Gasteiger charge is 1.90. The summed E-state index contributed by atoms with van der Waals surface area (Å²) in [6.45, 7) is 3.97. The van der Waals surface area contributed by atoms with E-state index in [1.807, 2.05) is 6.07 Å². The van der Waals surface area contributed by atoms with Crippen molar-refractivity contribution in [2.45, 2.75) is 12.8 Å². The van der Waals surface area contributed by atoms with Crippen molar-refractivity contribution in [2.75, 3.05) is 6.61 Å². The Morgan fingerprint density at radius 1 is 1.78 bits per heavy atom. The van der Waals surface area contributed by atoms with Crippen LogP contribution in [0.25, 0.3) is 0 Å². The van der Waals surface area contributed by atoms with Crippen molar-refractivity contribution in [3.05, 3.63) is 12.2 Å². The van der Waals surface area contributed by atoms with Gasteiger partial charge in [0.05, 0.1) is 12.7 Å². The molecule has 0 unspecified atom stereocenters. The Morgan fingerprint density at radius 3 is 2.89 bits per heavy atom. The van der Waals surface area contributed by atoms with E-state index in [2.05, 4.69) is 11.4 Å². The van der Waals surface area contributed by atoms with Crippen LogP contribution in [0, 0.1) is 11.3 Å². The lowest BCUT2D eigenvalue weighted by Crippen LogP contribution is -2.02. The molecule has 0 aromatic heterocycles. The van der Waals surface area contributed by atoms with Crippen LogP contribution in [0.15, 0.2) is 12.2 Å². The molecular formula is C6H10N2O. The molecule has 0 fully saturated rings. The Labute approximate surface area is 54.7 Å². The summed E-state index contributed by atoms with van der Waals surface area (Å²) in [7, 11) is 0. The maximum absolute atomic E-state index is 8.12. The van der Waals surface area contributed by atoms with Crippen LogP contribution in [-0.2, 0) is 4.84 Å². The first-order chi connectivity index (χ1) is 4.31. The summed E-state index contributed by atoms with van der Waals surface area (Å²) in [5, 5.41) is 8.12. The average molecular weight is 126 g/mol. The molecule has 0 saturated carbocycles. The van der Waals surface area contributed by atoms with E-state index in [0.717, 1.165) is 5.57 Å². The van der Waals surface area contributed by atoms with Crippen LogP contribution < -0.4 is 5.90 Å². The van der Waals surface area contributed by atoms with E-state index < -0.39 is 0 Å². The van der Waals surface area contributed by atoms with Crippen molar-refractivity contribution in [1.82, 2.24) is 0 Å². The molecular weight excluding hydrogens is 116 g/mol. The standard InChI is InChI=1S/C6H10N2O/c1-6(5-9-8)3-2-4-7/h1-3,5,8H2. The minimum Gasteiger partial charge on any atom is -0.300 e. The molecule has 3 heteroatoms. The Balaban J connectivity index is 3.19. The molecule has 0 bridgehead atoms. The second kappa shape index (κ2) is 5.29. The third-order valence-electron chi connectivity index (χ3n) is 0.878. The molecule has 9 heavy (non-hydrogen) atoms. The largest absolute Gasteiger partial charge is 0.300 e. The summed E-state index contributed by atoms with van der Waals surface area (Å²) in [5.74, 6) is 4.76. The predicted molar refractivity (Wildman–Crippen MR) is 34.1 cm³/mol. The van der Waals surface area contributed by atoms with Gasteiger partial charge in [0.25, 0.3) is 0 Å². The fourth-order valence-electron chi connectivity index (χ4n) is 0.423. The van der Waals surface area contributed by atoms with Gasteiger partial charge in [-0.15, -0.1) is 0 Å². The topological polar surface area (TPSA) is 59.0 Å². The zero-order valence-corrected chi connectivity index (χ0v) is 5.26. The lowest BCUT2D eigenvalue weighted by molar-refractivity contribution is 0.159. The van der Waals surface area contributed by atoms with E-state index in [4.69, 9.17) is 11.2 Å². The van der Waals surface area contributed by atoms with Crippen LogP contribution in [0.2, 0.25) is 0 Å². The van der Waals surface area contributed by atoms with Gasteiger partial charge < -0.3 is 4.84 Å². The van der Waals surface area contributed by atoms with Gasteiger partial charge in [0.15, 0.2) is 0 Å². The molecule has 0 rings (SSSR count). The Hall–Kier alpha value is -0.850. The van der Waals surface area contributed by atoms with Gasteiger partial charge in [-0.1, -0.05) is 6.58 Å². The fourth-order valence-corrected chi connectivity index (χ4v) is 0.423.